The van der Waals surface area contributed by atoms with Crippen molar-refractivity contribution in [3.8, 4) is 6.07 Å². The SMILES string of the molecule is CC[C@H](CO)Nc1[nH+]c(C)c2c(c1C#N)CCCC2. The fourth-order valence-corrected chi connectivity index (χ4v) is 2.78. The van der Waals surface area contributed by atoms with Crippen LogP contribution in [0.4, 0.5) is 5.82 Å². The second-order valence-corrected chi connectivity index (χ2v) is 5.21. The first-order chi connectivity index (χ1) is 9.21. The molecule has 102 valence electrons. The smallest absolute Gasteiger partial charge is 0.291 e. The van der Waals surface area contributed by atoms with E-state index in [-0.39, 0.29) is 12.6 Å². The molecule has 19 heavy (non-hydrogen) atoms. The molecule has 1 aliphatic rings. The number of rotatable bonds is 4. The fourth-order valence-electron chi connectivity index (χ4n) is 2.78. The number of anilines is 1. The minimum atomic E-state index is -0.00982. The lowest BCUT2D eigenvalue weighted by molar-refractivity contribution is -0.372. The normalized spacial score (nSPS) is 15.5. The quantitative estimate of drug-likeness (QED) is 0.866. The number of pyridine rings is 1. The summed E-state index contributed by atoms with van der Waals surface area (Å²) >= 11 is 0. The van der Waals surface area contributed by atoms with E-state index in [2.05, 4.69) is 23.3 Å². The van der Waals surface area contributed by atoms with Crippen LogP contribution in [0.1, 0.15) is 48.6 Å². The Kier molecular flexibility index (Phi) is 4.39. The van der Waals surface area contributed by atoms with Gasteiger partial charge in [0.05, 0.1) is 6.61 Å². The molecular weight excluding hydrogens is 238 g/mol. The van der Waals surface area contributed by atoms with Gasteiger partial charge in [-0.3, -0.25) is 5.32 Å². The number of hydrogen-bond acceptors (Lipinski definition) is 3. The molecule has 0 saturated heterocycles. The molecule has 0 saturated carbocycles. The van der Waals surface area contributed by atoms with Crippen LogP contribution >= 0.6 is 0 Å². The first-order valence-electron chi connectivity index (χ1n) is 7.06. The van der Waals surface area contributed by atoms with Crippen molar-refractivity contribution in [3.63, 3.8) is 0 Å². The maximum atomic E-state index is 9.45. The average molecular weight is 260 g/mol. The third-order valence-electron chi connectivity index (χ3n) is 3.96. The van der Waals surface area contributed by atoms with Gasteiger partial charge in [0.15, 0.2) is 0 Å². The molecule has 0 fully saturated rings. The predicted octanol–water partition coefficient (Wildman–Crippen LogP) is 1.74. The number of aryl methyl sites for hydroxylation is 1. The van der Waals surface area contributed by atoms with Crippen molar-refractivity contribution in [3.05, 3.63) is 22.4 Å². The van der Waals surface area contributed by atoms with Gasteiger partial charge in [-0.15, -0.1) is 0 Å². The van der Waals surface area contributed by atoms with Crippen LogP contribution in [0.2, 0.25) is 0 Å². The van der Waals surface area contributed by atoms with Crippen LogP contribution in [0.5, 0.6) is 0 Å². The van der Waals surface area contributed by atoms with Gasteiger partial charge in [-0.1, -0.05) is 6.92 Å². The van der Waals surface area contributed by atoms with Gasteiger partial charge in [0.25, 0.3) is 5.82 Å². The zero-order valence-electron chi connectivity index (χ0n) is 11.7. The Bertz CT molecular complexity index is 501. The van der Waals surface area contributed by atoms with Gasteiger partial charge in [-0.2, -0.15) is 5.26 Å². The number of aromatic nitrogens is 1. The lowest BCUT2D eigenvalue weighted by Crippen LogP contribution is -2.30. The summed E-state index contributed by atoms with van der Waals surface area (Å²) in [6, 6.07) is 2.32. The molecule has 4 heteroatoms. The van der Waals surface area contributed by atoms with E-state index >= 15 is 0 Å². The number of aliphatic hydroxyl groups excluding tert-OH is 1. The van der Waals surface area contributed by atoms with Gasteiger partial charge in [-0.05, 0) is 50.2 Å². The summed E-state index contributed by atoms with van der Waals surface area (Å²) in [5, 5.41) is 22.0. The number of fused-ring (bicyclic) bond motifs is 1. The summed E-state index contributed by atoms with van der Waals surface area (Å²) < 4.78 is 0. The van der Waals surface area contributed by atoms with E-state index in [0.717, 1.165) is 42.8 Å². The molecule has 0 spiro atoms. The van der Waals surface area contributed by atoms with E-state index in [1.807, 2.05) is 6.92 Å². The van der Waals surface area contributed by atoms with Crippen molar-refractivity contribution in [2.75, 3.05) is 11.9 Å². The maximum Gasteiger partial charge on any atom is 0.291 e. The Hall–Kier alpha value is -1.60. The zero-order chi connectivity index (χ0) is 13.8. The largest absolute Gasteiger partial charge is 0.392 e. The first kappa shape index (κ1) is 13.8. The van der Waals surface area contributed by atoms with E-state index in [4.69, 9.17) is 0 Å². The summed E-state index contributed by atoms with van der Waals surface area (Å²) in [4.78, 5) is 3.31. The molecule has 4 nitrogen and oxygen atoms in total. The molecular formula is C15H22N3O+. The van der Waals surface area contributed by atoms with Crippen LogP contribution < -0.4 is 10.3 Å². The number of H-pyrrole nitrogens is 1. The molecule has 1 heterocycles. The summed E-state index contributed by atoms with van der Waals surface area (Å²) in [7, 11) is 0. The molecule has 2 rings (SSSR count). The van der Waals surface area contributed by atoms with Crippen molar-refractivity contribution >= 4 is 5.82 Å². The van der Waals surface area contributed by atoms with Crippen molar-refractivity contribution < 1.29 is 10.1 Å². The number of aromatic amines is 1. The molecule has 1 aromatic rings. The molecule has 1 aliphatic carbocycles. The van der Waals surface area contributed by atoms with Gasteiger partial charge >= 0.3 is 0 Å². The number of nitriles is 1. The number of hydrogen-bond donors (Lipinski definition) is 2. The fraction of sp³-hybridized carbons (Fsp3) is 0.600. The van der Waals surface area contributed by atoms with Crippen molar-refractivity contribution in [2.24, 2.45) is 0 Å². The van der Waals surface area contributed by atoms with Crippen LogP contribution in [0.25, 0.3) is 0 Å². The molecule has 0 bridgehead atoms. The van der Waals surface area contributed by atoms with Crippen molar-refractivity contribution in [1.29, 1.82) is 5.26 Å². The standard InChI is InChI=1S/C15H21N3O/c1-3-11(9-19)18-15-14(8-16)13-7-5-4-6-12(13)10(2)17-15/h11,19H,3-7,9H2,1-2H3,(H,17,18)/p+1/t11-/m1/s1. The molecule has 1 aromatic heterocycles. The second kappa shape index (κ2) is 6.03. The highest BCUT2D eigenvalue weighted by Gasteiger charge is 2.25. The number of aliphatic hydroxyl groups is 1. The van der Waals surface area contributed by atoms with Crippen LogP contribution in [-0.2, 0) is 12.8 Å². The number of nitrogens with one attached hydrogen (secondary N) is 2. The van der Waals surface area contributed by atoms with Crippen LogP contribution in [-0.4, -0.2) is 17.8 Å². The zero-order valence-corrected chi connectivity index (χ0v) is 11.7. The van der Waals surface area contributed by atoms with E-state index in [1.54, 1.807) is 0 Å². The lowest BCUT2D eigenvalue weighted by Gasteiger charge is -2.19. The van der Waals surface area contributed by atoms with Crippen molar-refractivity contribution in [1.82, 2.24) is 0 Å². The molecule has 0 radical (unpaired) electrons. The molecule has 0 unspecified atom stereocenters. The highest BCUT2D eigenvalue weighted by molar-refractivity contribution is 5.56. The summed E-state index contributed by atoms with van der Waals surface area (Å²) in [5.74, 6) is 0.765. The number of nitrogens with zero attached hydrogens (tertiary/aromatic N) is 1. The molecule has 1 atom stereocenters. The summed E-state index contributed by atoms with van der Waals surface area (Å²) in [6.07, 6.45) is 5.23. The van der Waals surface area contributed by atoms with Crippen LogP contribution in [0.15, 0.2) is 0 Å². The highest BCUT2D eigenvalue weighted by atomic mass is 16.3. The average Bonchev–Trinajstić information content (AvgIpc) is 2.45. The second-order valence-electron chi connectivity index (χ2n) is 5.21. The minimum absolute atomic E-state index is 0.00982. The topological polar surface area (TPSA) is 70.2 Å². The third kappa shape index (κ3) is 2.71. The van der Waals surface area contributed by atoms with Gasteiger partial charge in [0.1, 0.15) is 23.4 Å². The Morgan fingerprint density at radius 3 is 2.63 bits per heavy atom. The predicted molar refractivity (Wildman–Crippen MR) is 73.9 cm³/mol. The Morgan fingerprint density at radius 1 is 1.37 bits per heavy atom. The van der Waals surface area contributed by atoms with E-state index in [9.17, 15) is 10.4 Å². The highest BCUT2D eigenvalue weighted by Crippen LogP contribution is 2.28. The monoisotopic (exact) mass is 260 g/mol. The van der Waals surface area contributed by atoms with Crippen molar-refractivity contribution in [2.45, 2.75) is 52.0 Å². The molecule has 3 N–H and O–H groups in total. The Labute approximate surface area is 114 Å². The summed E-state index contributed by atoms with van der Waals surface area (Å²) in [5.41, 5.74) is 4.38. The maximum absolute atomic E-state index is 9.45. The van der Waals surface area contributed by atoms with Crippen LogP contribution in [0, 0.1) is 18.3 Å². The van der Waals surface area contributed by atoms with Gasteiger partial charge in [-0.25, -0.2) is 4.98 Å². The molecule has 0 amide bonds. The van der Waals surface area contributed by atoms with Gasteiger partial charge in [0, 0.05) is 0 Å². The van der Waals surface area contributed by atoms with E-state index in [1.165, 1.54) is 17.5 Å². The molecule has 0 aliphatic heterocycles. The lowest BCUT2D eigenvalue weighted by atomic mass is 9.88. The van der Waals surface area contributed by atoms with Gasteiger partial charge < -0.3 is 5.11 Å². The third-order valence-corrected chi connectivity index (χ3v) is 3.96. The van der Waals surface area contributed by atoms with E-state index in [0.29, 0.717) is 0 Å². The van der Waals surface area contributed by atoms with Gasteiger partial charge in [0.2, 0.25) is 0 Å². The Morgan fingerprint density at radius 2 is 2.05 bits per heavy atom. The Balaban J connectivity index is 2.44. The van der Waals surface area contributed by atoms with E-state index < -0.39 is 0 Å². The summed E-state index contributed by atoms with van der Waals surface area (Å²) in [6.45, 7) is 4.16. The first-order valence-corrected chi connectivity index (χ1v) is 7.06. The molecule has 0 aromatic carbocycles. The minimum Gasteiger partial charge on any atom is -0.392 e. The van der Waals surface area contributed by atoms with Crippen LogP contribution in [0.3, 0.4) is 0 Å².